The van der Waals surface area contributed by atoms with Crippen LogP contribution in [0.4, 0.5) is 0 Å². The van der Waals surface area contributed by atoms with Gasteiger partial charge in [0.15, 0.2) is 6.10 Å². The Hall–Kier alpha value is -2.07. The molecule has 1 fully saturated rings. The van der Waals surface area contributed by atoms with Gasteiger partial charge >= 0.3 is 11.9 Å². The molecular weight excluding hydrogens is 717 g/mol. The van der Waals surface area contributed by atoms with Crippen LogP contribution < -0.4 is 4.89 Å². The van der Waals surface area contributed by atoms with E-state index in [0.717, 1.165) is 51.4 Å². The van der Waals surface area contributed by atoms with E-state index >= 15 is 0 Å². The first-order chi connectivity index (χ1) is 26.5. The number of quaternary nitrogens is 1. The van der Waals surface area contributed by atoms with Crippen molar-refractivity contribution in [3.63, 3.8) is 0 Å². The minimum Gasteiger partial charge on any atom is -0.756 e. The Kier molecular flexibility index (Phi) is 30.5. The van der Waals surface area contributed by atoms with Gasteiger partial charge in [-0.25, -0.2) is 0 Å². The van der Waals surface area contributed by atoms with E-state index in [2.05, 4.69) is 56.4 Å². The largest absolute Gasteiger partial charge is 0.756 e. The number of epoxide rings is 1. The number of phosphoric acid groups is 1. The van der Waals surface area contributed by atoms with Crippen molar-refractivity contribution < 1.29 is 46.8 Å². The van der Waals surface area contributed by atoms with Gasteiger partial charge in [0.2, 0.25) is 0 Å². The summed E-state index contributed by atoms with van der Waals surface area (Å²) < 4.78 is 39.5. The number of allylic oxidation sites excluding steroid dienone is 6. The Bertz CT molecular complexity index is 1150. The van der Waals surface area contributed by atoms with E-state index in [-0.39, 0.29) is 26.1 Å². The summed E-state index contributed by atoms with van der Waals surface area (Å²) >= 11 is 0. The van der Waals surface area contributed by atoms with Crippen LogP contribution in [0.5, 0.6) is 0 Å². The normalized spacial score (nSPS) is 17.8. The summed E-state index contributed by atoms with van der Waals surface area (Å²) in [4.78, 5) is 37.5. The van der Waals surface area contributed by atoms with Crippen LogP contribution in [0.2, 0.25) is 0 Å². The summed E-state index contributed by atoms with van der Waals surface area (Å²) in [6, 6.07) is 0. The predicted molar refractivity (Wildman–Crippen MR) is 221 cm³/mol. The lowest BCUT2D eigenvalue weighted by Gasteiger charge is -2.28. The molecule has 4 atom stereocenters. The Morgan fingerprint density at radius 2 is 1.20 bits per heavy atom. The van der Waals surface area contributed by atoms with Crippen LogP contribution >= 0.6 is 7.82 Å². The first kappa shape index (κ1) is 50.9. The molecule has 0 radical (unpaired) electrons. The molecule has 1 aliphatic heterocycles. The van der Waals surface area contributed by atoms with E-state index in [1.165, 1.54) is 64.2 Å². The highest BCUT2D eigenvalue weighted by molar-refractivity contribution is 7.45. The number of hydrogen-bond donors (Lipinski definition) is 0. The zero-order valence-electron chi connectivity index (χ0n) is 35.3. The molecule has 55 heavy (non-hydrogen) atoms. The molecule has 0 amide bonds. The van der Waals surface area contributed by atoms with Crippen LogP contribution in [0.3, 0.4) is 0 Å². The molecular formula is C44H78NO9P. The summed E-state index contributed by atoms with van der Waals surface area (Å²) in [6.45, 7) is 4.02. The monoisotopic (exact) mass is 796 g/mol. The topological polar surface area (TPSA) is 124 Å². The summed E-state index contributed by atoms with van der Waals surface area (Å²) in [5, 5.41) is 0. The van der Waals surface area contributed by atoms with Gasteiger partial charge in [-0.15, -0.1) is 0 Å². The first-order valence-corrected chi connectivity index (χ1v) is 22.9. The maximum Gasteiger partial charge on any atom is 0.306 e. The quantitative estimate of drug-likeness (QED) is 0.0151. The number of phosphoric ester groups is 1. The lowest BCUT2D eigenvalue weighted by atomic mass is 10.0. The lowest BCUT2D eigenvalue weighted by molar-refractivity contribution is -0.870. The van der Waals surface area contributed by atoms with Crippen molar-refractivity contribution in [1.29, 1.82) is 0 Å². The Labute approximate surface area is 335 Å². The molecule has 10 nitrogen and oxygen atoms in total. The van der Waals surface area contributed by atoms with Gasteiger partial charge in [0.1, 0.15) is 19.8 Å². The van der Waals surface area contributed by atoms with Crippen molar-refractivity contribution >= 4 is 19.8 Å². The Morgan fingerprint density at radius 1 is 0.673 bits per heavy atom. The van der Waals surface area contributed by atoms with E-state index in [0.29, 0.717) is 36.1 Å². The number of ether oxygens (including phenoxy) is 3. The number of likely N-dealkylation sites (N-methyl/N-ethyl adjacent to an activating group) is 1. The highest BCUT2D eigenvalue weighted by Crippen LogP contribution is 2.38. The van der Waals surface area contributed by atoms with Crippen LogP contribution in [0.25, 0.3) is 0 Å². The van der Waals surface area contributed by atoms with E-state index in [1.54, 1.807) is 0 Å². The average molecular weight is 796 g/mol. The fourth-order valence-electron chi connectivity index (χ4n) is 5.79. The average Bonchev–Trinajstić information content (AvgIpc) is 3.89. The summed E-state index contributed by atoms with van der Waals surface area (Å²) in [6.07, 6.45) is 39.0. The Morgan fingerprint density at radius 3 is 1.78 bits per heavy atom. The maximum atomic E-state index is 12.6. The van der Waals surface area contributed by atoms with Crippen LogP contribution in [0.15, 0.2) is 48.6 Å². The van der Waals surface area contributed by atoms with E-state index in [4.69, 9.17) is 23.3 Å². The highest BCUT2D eigenvalue weighted by Gasteiger charge is 2.36. The molecule has 0 N–H and O–H groups in total. The first-order valence-electron chi connectivity index (χ1n) is 21.5. The molecule has 11 heteroatoms. The molecule has 0 aromatic rings. The van der Waals surface area contributed by atoms with Crippen LogP contribution in [0, 0.1) is 0 Å². The van der Waals surface area contributed by atoms with Crippen molar-refractivity contribution in [2.45, 2.75) is 173 Å². The van der Waals surface area contributed by atoms with Crippen molar-refractivity contribution in [2.75, 3.05) is 47.5 Å². The summed E-state index contributed by atoms with van der Waals surface area (Å²) in [5.41, 5.74) is 0. The molecule has 1 aliphatic rings. The molecule has 0 bridgehead atoms. The standard InChI is InChI=1S/C44H78NO9P/c1-6-8-10-11-12-13-14-15-16-20-23-26-30-34-43(46)50-38-40(39-52-55(48,49)51-37-36-45(3,4)5)53-44(47)35-31-27-24-21-18-17-19-22-25-29-33-42-41(54-42)32-28-9-7-2/h9,17,19,21,24-25,28-29,40-42H,6-8,10-16,18,20,22-23,26-27,30-39H2,1-5H3/b19-17-,24-21-,28-9-,29-25-. The van der Waals surface area contributed by atoms with E-state index in [9.17, 15) is 19.0 Å². The number of rotatable bonds is 37. The van der Waals surface area contributed by atoms with Crippen LogP contribution in [-0.2, 0) is 37.4 Å². The third kappa shape index (κ3) is 33.8. The van der Waals surface area contributed by atoms with Crippen molar-refractivity contribution in [2.24, 2.45) is 0 Å². The van der Waals surface area contributed by atoms with Gasteiger partial charge in [0, 0.05) is 12.8 Å². The molecule has 0 aromatic carbocycles. The second-order valence-corrected chi connectivity index (χ2v) is 17.1. The zero-order valence-corrected chi connectivity index (χ0v) is 36.2. The fraction of sp³-hybridized carbons (Fsp3) is 0.773. The smallest absolute Gasteiger partial charge is 0.306 e. The number of unbranched alkanes of at least 4 members (excludes halogenated alkanes) is 13. The van der Waals surface area contributed by atoms with Gasteiger partial charge in [0.25, 0.3) is 7.82 Å². The highest BCUT2D eigenvalue weighted by atomic mass is 31.2. The van der Waals surface area contributed by atoms with Gasteiger partial charge in [-0.1, -0.05) is 140 Å². The van der Waals surface area contributed by atoms with Gasteiger partial charge in [-0.2, -0.15) is 0 Å². The third-order valence-electron chi connectivity index (χ3n) is 9.27. The number of carbonyl (C=O) groups is 2. The van der Waals surface area contributed by atoms with E-state index < -0.39 is 32.5 Å². The zero-order chi connectivity index (χ0) is 40.5. The van der Waals surface area contributed by atoms with Crippen molar-refractivity contribution in [3.8, 4) is 0 Å². The van der Waals surface area contributed by atoms with Crippen LogP contribution in [0.1, 0.15) is 155 Å². The number of esters is 2. The molecule has 1 saturated heterocycles. The molecule has 0 aromatic heterocycles. The van der Waals surface area contributed by atoms with Crippen molar-refractivity contribution in [1.82, 2.24) is 0 Å². The lowest BCUT2D eigenvalue weighted by Crippen LogP contribution is -2.37. The summed E-state index contributed by atoms with van der Waals surface area (Å²) in [5.74, 6) is -0.908. The third-order valence-corrected chi connectivity index (χ3v) is 10.2. The molecule has 1 rings (SSSR count). The predicted octanol–water partition coefficient (Wildman–Crippen LogP) is 10.3. The second kappa shape index (κ2) is 33.0. The van der Waals surface area contributed by atoms with Gasteiger partial charge in [-0.3, -0.25) is 14.2 Å². The molecule has 4 unspecified atom stereocenters. The SMILES string of the molecule is CC/C=C\CC1OC1C/C=C\C/C=C\C/C=C\CCCC(=O)OC(COC(=O)CCCCCCCCCCCCCCC)COP(=O)([O-])OCC[N+](C)(C)C. The minimum absolute atomic E-state index is 0.0443. The molecule has 0 aliphatic carbocycles. The number of carbonyl (C=O) groups excluding carboxylic acids is 2. The summed E-state index contributed by atoms with van der Waals surface area (Å²) in [7, 11) is 1.12. The van der Waals surface area contributed by atoms with Gasteiger partial charge in [-0.05, 0) is 51.4 Å². The Balaban J connectivity index is 2.33. The molecule has 318 valence electrons. The minimum atomic E-state index is -4.64. The molecule has 0 spiro atoms. The van der Waals surface area contributed by atoms with E-state index in [1.807, 2.05) is 27.2 Å². The maximum absolute atomic E-state index is 12.6. The van der Waals surface area contributed by atoms with Crippen LogP contribution in [-0.4, -0.2) is 82.2 Å². The second-order valence-electron chi connectivity index (χ2n) is 15.7. The van der Waals surface area contributed by atoms with Crippen molar-refractivity contribution in [3.05, 3.63) is 48.6 Å². The number of nitrogens with zero attached hydrogens (tertiary/aromatic N) is 1. The molecule has 0 saturated carbocycles. The van der Waals surface area contributed by atoms with Gasteiger partial charge < -0.3 is 32.6 Å². The molecule has 1 heterocycles. The number of hydrogen-bond acceptors (Lipinski definition) is 9. The fourth-order valence-corrected chi connectivity index (χ4v) is 6.52. The van der Waals surface area contributed by atoms with Gasteiger partial charge in [0.05, 0.1) is 40.0 Å².